The Morgan fingerprint density at radius 1 is 0.932 bits per heavy atom. The molecule has 1 aliphatic carbocycles. The summed E-state index contributed by atoms with van der Waals surface area (Å²) in [7, 11) is -2.52. The molecule has 0 aromatic heterocycles. The number of carbonyl (C=O) groups is 2. The molecule has 1 atom stereocenters. The van der Waals surface area contributed by atoms with Crippen LogP contribution >= 0.6 is 34.8 Å². The van der Waals surface area contributed by atoms with Crippen molar-refractivity contribution in [2.24, 2.45) is 0 Å². The number of nitrogens with zero attached hydrogens (tertiary/aromatic N) is 2. The Kier molecular flexibility index (Phi) is 11.8. The molecule has 1 aliphatic rings. The fraction of sp³-hybridized carbons (Fsp3) is 0.375. The van der Waals surface area contributed by atoms with Crippen LogP contribution in [0.1, 0.15) is 43.2 Å². The predicted octanol–water partition coefficient (Wildman–Crippen LogP) is 6.51. The minimum Gasteiger partial charge on any atom is -0.495 e. The molecule has 1 fully saturated rings. The second-order valence-corrected chi connectivity index (χ2v) is 14.0. The third kappa shape index (κ3) is 8.81. The van der Waals surface area contributed by atoms with Gasteiger partial charge in [-0.25, -0.2) is 8.42 Å². The number of sulfonamides is 1. The highest BCUT2D eigenvalue weighted by Gasteiger charge is 2.35. The lowest BCUT2D eigenvalue weighted by Crippen LogP contribution is -2.55. The van der Waals surface area contributed by atoms with Crippen molar-refractivity contribution in [2.45, 2.75) is 57.2 Å². The Hall–Kier alpha value is -2.98. The van der Waals surface area contributed by atoms with Gasteiger partial charge in [-0.3, -0.25) is 13.9 Å². The molecule has 0 heterocycles. The van der Waals surface area contributed by atoms with Gasteiger partial charge in [-0.2, -0.15) is 0 Å². The summed E-state index contributed by atoms with van der Waals surface area (Å²) in [6.45, 7) is -0.709. The number of methoxy groups -OCH3 is 1. The zero-order valence-electron chi connectivity index (χ0n) is 24.6. The highest BCUT2D eigenvalue weighted by molar-refractivity contribution is 7.92. The number of benzene rings is 3. The van der Waals surface area contributed by atoms with Crippen LogP contribution in [0.5, 0.6) is 5.75 Å². The maximum absolute atomic E-state index is 14.3. The Bertz CT molecular complexity index is 1550. The second-order valence-electron chi connectivity index (χ2n) is 10.9. The molecule has 1 saturated carbocycles. The van der Waals surface area contributed by atoms with Crippen molar-refractivity contribution in [3.8, 4) is 5.75 Å². The van der Waals surface area contributed by atoms with Crippen LogP contribution in [-0.2, 0) is 32.6 Å². The molecule has 1 N–H and O–H groups in total. The van der Waals surface area contributed by atoms with E-state index in [-0.39, 0.29) is 35.6 Å². The molecule has 4 rings (SSSR count). The van der Waals surface area contributed by atoms with E-state index in [0.717, 1.165) is 48.2 Å². The number of anilines is 1. The van der Waals surface area contributed by atoms with Gasteiger partial charge >= 0.3 is 0 Å². The Morgan fingerprint density at radius 2 is 1.59 bits per heavy atom. The molecule has 0 radical (unpaired) electrons. The van der Waals surface area contributed by atoms with Gasteiger partial charge in [0.15, 0.2) is 0 Å². The summed E-state index contributed by atoms with van der Waals surface area (Å²) in [5, 5.41) is 3.99. The van der Waals surface area contributed by atoms with Crippen molar-refractivity contribution in [3.63, 3.8) is 0 Å². The molecule has 3 aromatic carbocycles. The highest BCUT2D eigenvalue weighted by atomic mass is 35.5. The molecule has 3 aromatic rings. The number of ether oxygens (including phenoxy) is 1. The van der Waals surface area contributed by atoms with E-state index in [1.54, 1.807) is 18.2 Å². The van der Waals surface area contributed by atoms with E-state index < -0.39 is 28.5 Å². The monoisotopic (exact) mass is 679 g/mol. The van der Waals surface area contributed by atoms with Crippen molar-refractivity contribution in [2.75, 3.05) is 24.2 Å². The maximum atomic E-state index is 14.3. The van der Waals surface area contributed by atoms with Gasteiger partial charge in [-0.1, -0.05) is 90.5 Å². The average Bonchev–Trinajstić information content (AvgIpc) is 2.99. The van der Waals surface area contributed by atoms with Crippen molar-refractivity contribution < 1.29 is 22.7 Å². The number of carbonyl (C=O) groups excluding carboxylic acids is 2. The molecule has 1 unspecified atom stereocenters. The molecule has 0 aliphatic heterocycles. The van der Waals surface area contributed by atoms with Crippen molar-refractivity contribution in [1.82, 2.24) is 10.2 Å². The first-order valence-electron chi connectivity index (χ1n) is 14.4. The number of halogens is 3. The first-order valence-corrected chi connectivity index (χ1v) is 17.3. The molecule has 0 saturated heterocycles. The maximum Gasteiger partial charge on any atom is 0.244 e. The molecule has 0 bridgehead atoms. The third-order valence-electron chi connectivity index (χ3n) is 7.72. The number of amides is 2. The largest absolute Gasteiger partial charge is 0.495 e. The van der Waals surface area contributed by atoms with E-state index in [1.807, 2.05) is 30.3 Å². The summed E-state index contributed by atoms with van der Waals surface area (Å²) in [6.07, 6.45) is 6.06. The third-order valence-corrected chi connectivity index (χ3v) is 9.86. The number of hydrogen-bond acceptors (Lipinski definition) is 5. The van der Waals surface area contributed by atoms with E-state index in [9.17, 15) is 18.0 Å². The van der Waals surface area contributed by atoms with Crippen LogP contribution in [0, 0.1) is 0 Å². The molecular formula is C32H36Cl3N3O5S. The first-order chi connectivity index (χ1) is 21.0. The Balaban J connectivity index is 1.76. The molecule has 236 valence electrons. The van der Waals surface area contributed by atoms with Gasteiger partial charge in [0.05, 0.1) is 24.1 Å². The summed E-state index contributed by atoms with van der Waals surface area (Å²) in [5.74, 6) is -0.582. The lowest BCUT2D eigenvalue weighted by molar-refractivity contribution is -0.140. The number of hydrogen-bond donors (Lipinski definition) is 1. The minimum atomic E-state index is -3.97. The van der Waals surface area contributed by atoms with Crippen LogP contribution in [-0.4, -0.2) is 57.1 Å². The van der Waals surface area contributed by atoms with E-state index in [1.165, 1.54) is 30.2 Å². The van der Waals surface area contributed by atoms with E-state index >= 15 is 0 Å². The quantitative estimate of drug-likeness (QED) is 0.235. The SMILES string of the molecule is COc1ccc(N(CC(=O)N(Cc2c(Cl)cccc2Cl)C(Cc2ccccc2)C(=O)NC2CCCCC2)S(C)(=O)=O)cc1Cl. The summed E-state index contributed by atoms with van der Waals surface area (Å²) >= 11 is 19.4. The van der Waals surface area contributed by atoms with E-state index in [4.69, 9.17) is 39.5 Å². The summed E-state index contributed by atoms with van der Waals surface area (Å²) in [6, 6.07) is 17.8. The minimum absolute atomic E-state index is 0.00987. The first kappa shape index (κ1) is 33.9. The van der Waals surface area contributed by atoms with Gasteiger partial charge in [0.1, 0.15) is 18.3 Å². The average molecular weight is 681 g/mol. The van der Waals surface area contributed by atoms with Gasteiger partial charge in [-0.05, 0) is 48.7 Å². The van der Waals surface area contributed by atoms with Gasteiger partial charge in [0, 0.05) is 34.6 Å². The van der Waals surface area contributed by atoms with Gasteiger partial charge in [0.25, 0.3) is 0 Å². The smallest absolute Gasteiger partial charge is 0.244 e. The fourth-order valence-electron chi connectivity index (χ4n) is 5.38. The summed E-state index contributed by atoms with van der Waals surface area (Å²) in [4.78, 5) is 29.8. The molecule has 44 heavy (non-hydrogen) atoms. The zero-order chi connectivity index (χ0) is 31.9. The summed E-state index contributed by atoms with van der Waals surface area (Å²) in [5.41, 5.74) is 1.46. The van der Waals surface area contributed by atoms with Crippen LogP contribution < -0.4 is 14.4 Å². The number of rotatable bonds is 12. The normalized spacial score (nSPS) is 14.5. The second kappa shape index (κ2) is 15.3. The van der Waals surface area contributed by atoms with E-state index in [2.05, 4.69) is 5.32 Å². The van der Waals surface area contributed by atoms with Gasteiger partial charge in [0.2, 0.25) is 21.8 Å². The predicted molar refractivity (Wildman–Crippen MR) is 176 cm³/mol. The molecule has 12 heteroatoms. The van der Waals surface area contributed by atoms with Crippen molar-refractivity contribution in [3.05, 3.63) is 92.9 Å². The molecular weight excluding hydrogens is 645 g/mol. The van der Waals surface area contributed by atoms with E-state index in [0.29, 0.717) is 21.4 Å². The Morgan fingerprint density at radius 3 is 2.18 bits per heavy atom. The van der Waals surface area contributed by atoms with Crippen LogP contribution in [0.3, 0.4) is 0 Å². The standard InChI is InChI=1S/C32H36Cl3N3O5S/c1-43-30-17-16-24(19-28(30)35)38(44(2,41)42)21-31(39)37(20-25-26(33)14-9-15-27(25)34)29(18-22-10-5-3-6-11-22)32(40)36-23-12-7-4-8-13-23/h3,5-6,9-11,14-17,19,23,29H,4,7-8,12-13,18,20-21H2,1-2H3,(H,36,40). The van der Waals surface area contributed by atoms with Crippen molar-refractivity contribution >= 4 is 62.3 Å². The molecule has 8 nitrogen and oxygen atoms in total. The highest BCUT2D eigenvalue weighted by Crippen LogP contribution is 2.31. The fourth-order valence-corrected chi connectivity index (χ4v) is 6.99. The molecule has 2 amide bonds. The van der Waals surface area contributed by atoms with Crippen LogP contribution in [0.4, 0.5) is 5.69 Å². The number of nitrogens with one attached hydrogen (secondary N) is 1. The lowest BCUT2D eigenvalue weighted by atomic mass is 9.94. The van der Waals surface area contributed by atoms with Gasteiger partial charge < -0.3 is 15.0 Å². The van der Waals surface area contributed by atoms with Crippen LogP contribution in [0.25, 0.3) is 0 Å². The zero-order valence-corrected chi connectivity index (χ0v) is 27.7. The lowest BCUT2D eigenvalue weighted by Gasteiger charge is -2.35. The topological polar surface area (TPSA) is 96.0 Å². The Labute approximate surface area is 274 Å². The van der Waals surface area contributed by atoms with Crippen molar-refractivity contribution in [1.29, 1.82) is 0 Å². The molecule has 0 spiro atoms. The van der Waals surface area contributed by atoms with Crippen LogP contribution in [0.2, 0.25) is 15.1 Å². The van der Waals surface area contributed by atoms with Crippen LogP contribution in [0.15, 0.2) is 66.7 Å². The van der Waals surface area contributed by atoms with Gasteiger partial charge in [-0.15, -0.1) is 0 Å². The summed E-state index contributed by atoms with van der Waals surface area (Å²) < 4.78 is 32.2.